The number of hydrogen-bond donors (Lipinski definition) is 1. The SMILES string of the molecule is CCCc1cc(C(=O)N2CC(C)CC2C)cc(NCC)n1. The van der Waals surface area contributed by atoms with Crippen molar-refractivity contribution in [2.75, 3.05) is 18.4 Å². The number of rotatable bonds is 5. The highest BCUT2D eigenvalue weighted by molar-refractivity contribution is 5.95. The fourth-order valence-corrected chi connectivity index (χ4v) is 3.12. The lowest BCUT2D eigenvalue weighted by Gasteiger charge is -2.22. The van der Waals surface area contributed by atoms with Gasteiger partial charge in [-0.05, 0) is 44.7 Å². The van der Waals surface area contributed by atoms with Crippen molar-refractivity contribution in [2.24, 2.45) is 5.92 Å². The number of likely N-dealkylation sites (tertiary alicyclic amines) is 1. The van der Waals surface area contributed by atoms with Crippen LogP contribution < -0.4 is 5.32 Å². The Hall–Kier alpha value is -1.58. The first-order valence-corrected chi connectivity index (χ1v) is 8.10. The minimum Gasteiger partial charge on any atom is -0.370 e. The number of nitrogens with zero attached hydrogens (tertiary/aromatic N) is 2. The van der Waals surface area contributed by atoms with E-state index in [1.165, 1.54) is 0 Å². The third kappa shape index (κ3) is 3.74. The minimum atomic E-state index is 0.144. The molecule has 1 aliphatic rings. The van der Waals surface area contributed by atoms with E-state index in [-0.39, 0.29) is 5.91 Å². The zero-order valence-electron chi connectivity index (χ0n) is 13.6. The van der Waals surface area contributed by atoms with Crippen molar-refractivity contribution in [1.29, 1.82) is 0 Å². The molecular weight excluding hydrogens is 262 g/mol. The standard InChI is InChI=1S/C17H27N3O/c1-5-7-15-9-14(10-16(19-15)18-6-2)17(21)20-11-12(3)8-13(20)4/h9-10,12-13H,5-8,11H2,1-4H3,(H,18,19). The third-order valence-corrected chi connectivity index (χ3v) is 4.03. The number of aryl methyl sites for hydroxylation is 1. The lowest BCUT2D eigenvalue weighted by Crippen LogP contribution is -2.34. The molecule has 1 saturated heterocycles. The van der Waals surface area contributed by atoms with Gasteiger partial charge in [0.1, 0.15) is 5.82 Å². The highest BCUT2D eigenvalue weighted by Crippen LogP contribution is 2.25. The molecule has 1 aliphatic heterocycles. The van der Waals surface area contributed by atoms with Crippen LogP contribution >= 0.6 is 0 Å². The number of carbonyl (C=O) groups excluding carboxylic acids is 1. The first kappa shape index (κ1) is 15.8. The van der Waals surface area contributed by atoms with Crippen LogP contribution in [-0.4, -0.2) is 34.9 Å². The molecule has 0 spiro atoms. The second kappa shape index (κ2) is 6.92. The Kier molecular flexibility index (Phi) is 5.21. The summed E-state index contributed by atoms with van der Waals surface area (Å²) >= 11 is 0. The van der Waals surface area contributed by atoms with E-state index >= 15 is 0 Å². The second-order valence-electron chi connectivity index (χ2n) is 6.16. The summed E-state index contributed by atoms with van der Waals surface area (Å²) in [6, 6.07) is 4.18. The molecular formula is C17H27N3O. The molecule has 116 valence electrons. The molecule has 1 amide bonds. The lowest BCUT2D eigenvalue weighted by atomic mass is 10.1. The summed E-state index contributed by atoms with van der Waals surface area (Å²) in [6.45, 7) is 10.2. The van der Waals surface area contributed by atoms with Crippen LogP contribution in [0.2, 0.25) is 0 Å². The molecule has 2 unspecified atom stereocenters. The van der Waals surface area contributed by atoms with Crippen LogP contribution in [0.15, 0.2) is 12.1 Å². The van der Waals surface area contributed by atoms with Gasteiger partial charge in [0.25, 0.3) is 5.91 Å². The number of nitrogens with one attached hydrogen (secondary N) is 1. The van der Waals surface area contributed by atoms with Crippen molar-refractivity contribution < 1.29 is 4.79 Å². The summed E-state index contributed by atoms with van der Waals surface area (Å²) in [5.41, 5.74) is 1.77. The molecule has 0 bridgehead atoms. The number of anilines is 1. The molecule has 21 heavy (non-hydrogen) atoms. The molecule has 0 aromatic carbocycles. The summed E-state index contributed by atoms with van der Waals surface area (Å²) in [5.74, 6) is 1.55. The van der Waals surface area contributed by atoms with Crippen LogP contribution in [0.5, 0.6) is 0 Å². The Bertz CT molecular complexity index is 477. The maximum absolute atomic E-state index is 12.8. The Morgan fingerprint density at radius 1 is 1.38 bits per heavy atom. The van der Waals surface area contributed by atoms with E-state index in [1.807, 2.05) is 24.0 Å². The Labute approximate surface area is 127 Å². The van der Waals surface area contributed by atoms with Crippen LogP contribution in [0.1, 0.15) is 56.6 Å². The van der Waals surface area contributed by atoms with Crippen LogP contribution in [-0.2, 0) is 6.42 Å². The molecule has 1 aromatic rings. The molecule has 2 heterocycles. The second-order valence-corrected chi connectivity index (χ2v) is 6.16. The van der Waals surface area contributed by atoms with Gasteiger partial charge in [0.2, 0.25) is 0 Å². The van der Waals surface area contributed by atoms with Gasteiger partial charge in [0, 0.05) is 30.4 Å². The van der Waals surface area contributed by atoms with Gasteiger partial charge in [0.05, 0.1) is 0 Å². The van der Waals surface area contributed by atoms with E-state index in [2.05, 4.69) is 31.1 Å². The van der Waals surface area contributed by atoms with Crippen molar-refractivity contribution in [3.05, 3.63) is 23.4 Å². The summed E-state index contributed by atoms with van der Waals surface area (Å²) in [7, 11) is 0. The quantitative estimate of drug-likeness (QED) is 0.904. The van der Waals surface area contributed by atoms with Gasteiger partial charge >= 0.3 is 0 Å². The van der Waals surface area contributed by atoms with Crippen molar-refractivity contribution in [3.8, 4) is 0 Å². The fourth-order valence-electron chi connectivity index (χ4n) is 3.12. The molecule has 2 rings (SSSR count). The van der Waals surface area contributed by atoms with Gasteiger partial charge in [-0.3, -0.25) is 4.79 Å². The highest BCUT2D eigenvalue weighted by Gasteiger charge is 2.30. The average Bonchev–Trinajstić information content (AvgIpc) is 2.77. The Morgan fingerprint density at radius 3 is 2.71 bits per heavy atom. The number of aromatic nitrogens is 1. The monoisotopic (exact) mass is 289 g/mol. The van der Waals surface area contributed by atoms with Gasteiger partial charge in [0.15, 0.2) is 0 Å². The van der Waals surface area contributed by atoms with Crippen molar-refractivity contribution >= 4 is 11.7 Å². The van der Waals surface area contributed by atoms with Crippen LogP contribution in [0, 0.1) is 5.92 Å². The normalized spacial score (nSPS) is 21.6. The maximum Gasteiger partial charge on any atom is 0.254 e. The van der Waals surface area contributed by atoms with Crippen molar-refractivity contribution in [1.82, 2.24) is 9.88 Å². The summed E-state index contributed by atoms with van der Waals surface area (Å²) in [4.78, 5) is 19.4. The molecule has 2 atom stereocenters. The van der Waals surface area contributed by atoms with Crippen molar-refractivity contribution in [2.45, 2.75) is 53.0 Å². The van der Waals surface area contributed by atoms with Crippen LogP contribution in [0.25, 0.3) is 0 Å². The molecule has 1 N–H and O–H groups in total. The van der Waals surface area contributed by atoms with Gasteiger partial charge in [-0.2, -0.15) is 0 Å². The molecule has 0 saturated carbocycles. The molecule has 1 aromatic heterocycles. The van der Waals surface area contributed by atoms with Gasteiger partial charge in [-0.15, -0.1) is 0 Å². The highest BCUT2D eigenvalue weighted by atomic mass is 16.2. The third-order valence-electron chi connectivity index (χ3n) is 4.03. The Balaban J connectivity index is 2.26. The first-order chi connectivity index (χ1) is 10.0. The van der Waals surface area contributed by atoms with E-state index in [4.69, 9.17) is 0 Å². The van der Waals surface area contributed by atoms with Gasteiger partial charge < -0.3 is 10.2 Å². The molecule has 4 heteroatoms. The van der Waals surface area contributed by atoms with Crippen LogP contribution in [0.4, 0.5) is 5.82 Å². The minimum absolute atomic E-state index is 0.144. The number of hydrogen-bond acceptors (Lipinski definition) is 3. The number of amides is 1. The largest absolute Gasteiger partial charge is 0.370 e. The molecule has 0 radical (unpaired) electrons. The number of carbonyl (C=O) groups is 1. The van der Waals surface area contributed by atoms with E-state index < -0.39 is 0 Å². The van der Waals surface area contributed by atoms with Gasteiger partial charge in [-0.1, -0.05) is 20.3 Å². The lowest BCUT2D eigenvalue weighted by molar-refractivity contribution is 0.0743. The predicted molar refractivity (Wildman–Crippen MR) is 86.7 cm³/mol. The van der Waals surface area contributed by atoms with Crippen LogP contribution in [0.3, 0.4) is 0 Å². The summed E-state index contributed by atoms with van der Waals surface area (Å²) in [5, 5.41) is 3.23. The van der Waals surface area contributed by atoms with E-state index in [1.54, 1.807) is 0 Å². The summed E-state index contributed by atoms with van der Waals surface area (Å²) in [6.07, 6.45) is 3.04. The van der Waals surface area contributed by atoms with Crippen molar-refractivity contribution in [3.63, 3.8) is 0 Å². The van der Waals surface area contributed by atoms with E-state index in [9.17, 15) is 4.79 Å². The predicted octanol–water partition coefficient (Wildman–Crippen LogP) is 3.34. The molecule has 0 aliphatic carbocycles. The van der Waals surface area contributed by atoms with Gasteiger partial charge in [-0.25, -0.2) is 4.98 Å². The Morgan fingerprint density at radius 2 is 2.14 bits per heavy atom. The molecule has 1 fully saturated rings. The number of pyridine rings is 1. The fraction of sp³-hybridized carbons (Fsp3) is 0.647. The van der Waals surface area contributed by atoms with E-state index in [0.717, 1.165) is 49.4 Å². The first-order valence-electron chi connectivity index (χ1n) is 8.10. The zero-order chi connectivity index (χ0) is 15.4. The average molecular weight is 289 g/mol. The molecule has 4 nitrogen and oxygen atoms in total. The smallest absolute Gasteiger partial charge is 0.254 e. The maximum atomic E-state index is 12.8. The van der Waals surface area contributed by atoms with E-state index in [0.29, 0.717) is 12.0 Å². The summed E-state index contributed by atoms with van der Waals surface area (Å²) < 4.78 is 0. The topological polar surface area (TPSA) is 45.2 Å². The zero-order valence-corrected chi connectivity index (χ0v) is 13.6.